The van der Waals surface area contributed by atoms with Crippen molar-refractivity contribution in [1.29, 1.82) is 0 Å². The van der Waals surface area contributed by atoms with Crippen molar-refractivity contribution in [3.8, 4) is 0 Å². The van der Waals surface area contributed by atoms with E-state index in [0.717, 1.165) is 29.1 Å². The van der Waals surface area contributed by atoms with Gasteiger partial charge in [0.15, 0.2) is 10.8 Å². The largest absolute Gasteiger partial charge is 0.478 e. The van der Waals surface area contributed by atoms with E-state index in [1.54, 1.807) is 6.08 Å². The number of hydrogen-bond donors (Lipinski definition) is 1. The lowest BCUT2D eigenvalue weighted by Gasteiger charge is -2.37. The number of thiazole rings is 1. The number of anilines is 1. The lowest BCUT2D eigenvalue weighted by molar-refractivity contribution is -0.131. The number of nitrogens with zero attached hydrogens (tertiary/aromatic N) is 3. The Morgan fingerprint density at radius 3 is 3.14 bits per heavy atom. The molecule has 0 aromatic carbocycles. The van der Waals surface area contributed by atoms with Crippen LogP contribution in [0.4, 0.5) is 5.82 Å². The lowest BCUT2D eigenvalue weighted by atomic mass is 10.2. The number of carboxylic acid groups (broad SMARTS) is 1. The molecule has 1 fully saturated rings. The average Bonchev–Trinajstić information content (AvgIpc) is 3.00. The highest BCUT2D eigenvalue weighted by molar-refractivity contribution is 7.15. The van der Waals surface area contributed by atoms with E-state index >= 15 is 0 Å². The number of rotatable bonds is 3. The number of hydrogen-bond acceptors (Lipinski definition) is 5. The molecule has 0 radical (unpaired) electrons. The SMILES string of the molecule is CC1CN(c2nc3sccn3c2/C=C/C(=O)O)C(C)CO1. The highest BCUT2D eigenvalue weighted by atomic mass is 32.1. The fourth-order valence-electron chi connectivity index (χ4n) is 2.51. The van der Waals surface area contributed by atoms with Crippen molar-refractivity contribution in [2.45, 2.75) is 26.0 Å². The molecule has 0 aliphatic carbocycles. The second-order valence-corrected chi connectivity index (χ2v) is 6.07. The first-order valence-electron chi connectivity index (χ1n) is 6.81. The van der Waals surface area contributed by atoms with Crippen LogP contribution in [-0.2, 0) is 9.53 Å². The number of aromatic nitrogens is 2. The summed E-state index contributed by atoms with van der Waals surface area (Å²) in [5, 5.41) is 10.8. The van der Waals surface area contributed by atoms with Gasteiger partial charge in [-0.15, -0.1) is 11.3 Å². The summed E-state index contributed by atoms with van der Waals surface area (Å²) in [4.78, 5) is 18.5. The maximum atomic E-state index is 10.8. The van der Waals surface area contributed by atoms with Gasteiger partial charge in [0.05, 0.1) is 24.4 Å². The van der Waals surface area contributed by atoms with Crippen molar-refractivity contribution in [1.82, 2.24) is 9.38 Å². The number of imidazole rings is 1. The summed E-state index contributed by atoms with van der Waals surface area (Å²) in [7, 11) is 0. The van der Waals surface area contributed by atoms with Crippen LogP contribution in [0.1, 0.15) is 19.5 Å². The molecule has 2 unspecified atom stereocenters. The number of ether oxygens (including phenoxy) is 1. The lowest BCUT2D eigenvalue weighted by Crippen LogP contribution is -2.47. The van der Waals surface area contributed by atoms with E-state index in [1.807, 2.05) is 22.9 Å². The first-order chi connectivity index (χ1) is 10.1. The van der Waals surface area contributed by atoms with Gasteiger partial charge in [-0.2, -0.15) is 0 Å². The zero-order valence-corrected chi connectivity index (χ0v) is 12.7. The second-order valence-electron chi connectivity index (χ2n) is 5.19. The summed E-state index contributed by atoms with van der Waals surface area (Å²) in [5.41, 5.74) is 0.801. The Kier molecular flexibility index (Phi) is 3.69. The quantitative estimate of drug-likeness (QED) is 0.880. The van der Waals surface area contributed by atoms with E-state index in [1.165, 1.54) is 11.3 Å². The molecular formula is C14H17N3O3S. The summed E-state index contributed by atoms with van der Waals surface area (Å²) < 4.78 is 7.57. The zero-order valence-electron chi connectivity index (χ0n) is 11.9. The van der Waals surface area contributed by atoms with Gasteiger partial charge in [-0.25, -0.2) is 9.78 Å². The molecule has 7 heteroatoms. The smallest absolute Gasteiger partial charge is 0.328 e. The van der Waals surface area contributed by atoms with Crippen molar-refractivity contribution in [3.63, 3.8) is 0 Å². The molecule has 3 heterocycles. The summed E-state index contributed by atoms with van der Waals surface area (Å²) in [6, 6.07) is 0.211. The van der Waals surface area contributed by atoms with Crippen LogP contribution in [0.15, 0.2) is 17.7 Å². The van der Waals surface area contributed by atoms with Gasteiger partial charge >= 0.3 is 5.97 Å². The third kappa shape index (κ3) is 2.66. The van der Waals surface area contributed by atoms with Crippen molar-refractivity contribution < 1.29 is 14.6 Å². The predicted octanol–water partition coefficient (Wildman–Crippen LogP) is 2.11. The zero-order chi connectivity index (χ0) is 15.0. The van der Waals surface area contributed by atoms with Crippen molar-refractivity contribution >= 4 is 34.2 Å². The topological polar surface area (TPSA) is 67.1 Å². The molecule has 112 valence electrons. The Labute approximate surface area is 126 Å². The molecular weight excluding hydrogens is 290 g/mol. The Hall–Kier alpha value is -1.86. The van der Waals surface area contributed by atoms with Crippen molar-refractivity contribution in [2.75, 3.05) is 18.1 Å². The molecule has 0 amide bonds. The van der Waals surface area contributed by atoms with Crippen molar-refractivity contribution in [2.24, 2.45) is 0 Å². The van der Waals surface area contributed by atoms with E-state index < -0.39 is 5.97 Å². The summed E-state index contributed by atoms with van der Waals surface area (Å²) in [6.45, 7) is 5.52. The molecule has 2 aromatic heterocycles. The van der Waals surface area contributed by atoms with E-state index in [0.29, 0.717) is 6.61 Å². The van der Waals surface area contributed by atoms with Crippen molar-refractivity contribution in [3.05, 3.63) is 23.3 Å². The molecule has 1 saturated heterocycles. The Bertz CT molecular complexity index is 691. The average molecular weight is 307 g/mol. The minimum Gasteiger partial charge on any atom is -0.478 e. The van der Waals surface area contributed by atoms with E-state index in [4.69, 9.17) is 9.84 Å². The third-order valence-corrected chi connectivity index (χ3v) is 4.30. The molecule has 6 nitrogen and oxygen atoms in total. The summed E-state index contributed by atoms with van der Waals surface area (Å²) in [5.74, 6) is -0.142. The number of fused-ring (bicyclic) bond motifs is 1. The van der Waals surface area contributed by atoms with Gasteiger partial charge in [0.1, 0.15) is 0 Å². The van der Waals surface area contributed by atoms with Gasteiger partial charge < -0.3 is 14.7 Å². The van der Waals surface area contributed by atoms with E-state index in [9.17, 15) is 4.79 Å². The first kappa shape index (κ1) is 14.1. The number of carbonyl (C=O) groups is 1. The normalized spacial score (nSPS) is 23.2. The van der Waals surface area contributed by atoms with Crippen LogP contribution in [0.5, 0.6) is 0 Å². The van der Waals surface area contributed by atoms with Gasteiger partial charge in [-0.05, 0) is 19.9 Å². The van der Waals surface area contributed by atoms with Crippen LogP contribution in [0.25, 0.3) is 11.0 Å². The van der Waals surface area contributed by atoms with E-state index in [-0.39, 0.29) is 12.1 Å². The second kappa shape index (κ2) is 5.50. The highest BCUT2D eigenvalue weighted by Gasteiger charge is 2.28. The van der Waals surface area contributed by atoms with Crippen LogP contribution < -0.4 is 4.90 Å². The van der Waals surface area contributed by atoms with Gasteiger partial charge in [0.25, 0.3) is 0 Å². The van der Waals surface area contributed by atoms with Crippen LogP contribution in [0.3, 0.4) is 0 Å². The number of morpholine rings is 1. The fourth-order valence-corrected chi connectivity index (χ4v) is 3.22. The molecule has 0 saturated carbocycles. The number of aliphatic carboxylic acids is 1. The van der Waals surface area contributed by atoms with Gasteiger partial charge in [-0.1, -0.05) is 0 Å². The fraction of sp³-hybridized carbons (Fsp3) is 0.429. The Morgan fingerprint density at radius 1 is 1.57 bits per heavy atom. The maximum Gasteiger partial charge on any atom is 0.328 e. The molecule has 1 aliphatic heterocycles. The van der Waals surface area contributed by atoms with E-state index in [2.05, 4.69) is 16.8 Å². The molecule has 21 heavy (non-hydrogen) atoms. The van der Waals surface area contributed by atoms with Crippen LogP contribution in [0, 0.1) is 0 Å². The standard InChI is InChI=1S/C14H17N3O3S/c1-9-8-20-10(2)7-17(9)13-11(3-4-12(18)19)16-5-6-21-14(16)15-13/h3-6,9-10H,7-8H2,1-2H3,(H,18,19)/b4-3+. The molecule has 2 atom stereocenters. The highest BCUT2D eigenvalue weighted by Crippen LogP contribution is 2.29. The Balaban J connectivity index is 2.06. The summed E-state index contributed by atoms with van der Waals surface area (Å²) >= 11 is 1.54. The van der Waals surface area contributed by atoms with Crippen LogP contribution in [0.2, 0.25) is 0 Å². The first-order valence-corrected chi connectivity index (χ1v) is 7.69. The van der Waals surface area contributed by atoms with Gasteiger partial charge in [0, 0.05) is 24.2 Å². The van der Waals surface area contributed by atoms with Gasteiger partial charge in [0.2, 0.25) is 0 Å². The minimum absolute atomic E-state index is 0.136. The molecule has 0 spiro atoms. The number of carboxylic acids is 1. The van der Waals surface area contributed by atoms with Crippen LogP contribution >= 0.6 is 11.3 Å². The molecule has 0 bridgehead atoms. The predicted molar refractivity (Wildman–Crippen MR) is 82.0 cm³/mol. The minimum atomic E-state index is -0.963. The molecule has 1 N–H and O–H groups in total. The van der Waals surface area contributed by atoms with Crippen LogP contribution in [-0.4, -0.2) is 45.8 Å². The maximum absolute atomic E-state index is 10.8. The molecule has 1 aliphatic rings. The third-order valence-electron chi connectivity index (χ3n) is 3.54. The monoisotopic (exact) mass is 307 g/mol. The molecule has 2 aromatic rings. The Morgan fingerprint density at radius 2 is 2.38 bits per heavy atom. The summed E-state index contributed by atoms with van der Waals surface area (Å²) in [6.07, 6.45) is 4.81. The molecule has 3 rings (SSSR count). The van der Waals surface area contributed by atoms with Gasteiger partial charge in [-0.3, -0.25) is 4.40 Å².